The van der Waals surface area contributed by atoms with Crippen LogP contribution >= 0.6 is 12.4 Å². The van der Waals surface area contributed by atoms with Crippen molar-refractivity contribution in [2.75, 3.05) is 19.6 Å². The van der Waals surface area contributed by atoms with E-state index in [0.29, 0.717) is 5.69 Å². The van der Waals surface area contributed by atoms with Crippen LogP contribution < -0.4 is 5.32 Å². The van der Waals surface area contributed by atoms with Gasteiger partial charge in [0.25, 0.3) is 5.91 Å². The molecule has 1 aromatic heterocycles. The smallest absolute Gasteiger partial charge is 0.274 e. The second kappa shape index (κ2) is 5.71. The largest absolute Gasteiger partial charge is 0.337 e. The Morgan fingerprint density at radius 3 is 2.78 bits per heavy atom. The summed E-state index contributed by atoms with van der Waals surface area (Å²) >= 11 is 0. The van der Waals surface area contributed by atoms with E-state index in [0.717, 1.165) is 56.7 Å². The molecule has 3 rings (SSSR count). The molecular formula is C12H19ClN4O. The number of nitrogens with one attached hydrogen (secondary N) is 2. The molecule has 5 nitrogen and oxygen atoms in total. The summed E-state index contributed by atoms with van der Waals surface area (Å²) in [4.78, 5) is 14.3. The van der Waals surface area contributed by atoms with Gasteiger partial charge in [-0.15, -0.1) is 12.4 Å². The second-order valence-corrected chi connectivity index (χ2v) is 4.81. The minimum absolute atomic E-state index is 0. The van der Waals surface area contributed by atoms with Crippen LogP contribution in [0.25, 0.3) is 0 Å². The van der Waals surface area contributed by atoms with Gasteiger partial charge in [0.2, 0.25) is 0 Å². The molecular weight excluding hydrogens is 252 g/mol. The number of piperidine rings is 1. The Balaban J connectivity index is 0.00000120. The van der Waals surface area contributed by atoms with Gasteiger partial charge in [0.1, 0.15) is 0 Å². The number of H-pyrrole nitrogens is 1. The molecule has 0 unspecified atom stereocenters. The third-order valence-corrected chi connectivity index (χ3v) is 3.65. The van der Waals surface area contributed by atoms with Crippen LogP contribution in [-0.4, -0.2) is 40.6 Å². The van der Waals surface area contributed by atoms with Crippen LogP contribution in [0.5, 0.6) is 0 Å². The third-order valence-electron chi connectivity index (χ3n) is 3.65. The maximum absolute atomic E-state index is 12.3. The van der Waals surface area contributed by atoms with Crippen molar-refractivity contribution in [3.63, 3.8) is 0 Å². The van der Waals surface area contributed by atoms with Gasteiger partial charge in [0, 0.05) is 43.9 Å². The van der Waals surface area contributed by atoms with E-state index in [1.165, 1.54) is 6.42 Å². The number of amides is 1. The highest BCUT2D eigenvalue weighted by Gasteiger charge is 2.26. The first kappa shape index (κ1) is 13.4. The molecule has 0 aromatic carbocycles. The second-order valence-electron chi connectivity index (χ2n) is 4.81. The van der Waals surface area contributed by atoms with Crippen LogP contribution in [0.2, 0.25) is 0 Å². The van der Waals surface area contributed by atoms with Crippen molar-refractivity contribution in [2.24, 2.45) is 0 Å². The monoisotopic (exact) mass is 270 g/mol. The van der Waals surface area contributed by atoms with Crippen LogP contribution in [0.3, 0.4) is 0 Å². The van der Waals surface area contributed by atoms with E-state index in [9.17, 15) is 4.79 Å². The fourth-order valence-corrected chi connectivity index (χ4v) is 2.65. The maximum atomic E-state index is 12.3. The lowest BCUT2D eigenvalue weighted by atomic mass is 10.1. The van der Waals surface area contributed by atoms with Gasteiger partial charge in [0.05, 0.1) is 0 Å². The Morgan fingerprint density at radius 2 is 2.00 bits per heavy atom. The summed E-state index contributed by atoms with van der Waals surface area (Å²) < 4.78 is 0. The number of halogens is 1. The van der Waals surface area contributed by atoms with Crippen molar-refractivity contribution in [1.82, 2.24) is 20.4 Å². The number of hydrogen-bond acceptors (Lipinski definition) is 3. The lowest BCUT2D eigenvalue weighted by Gasteiger charge is -2.26. The van der Waals surface area contributed by atoms with Crippen molar-refractivity contribution in [3.8, 4) is 0 Å². The van der Waals surface area contributed by atoms with E-state index >= 15 is 0 Å². The van der Waals surface area contributed by atoms with E-state index < -0.39 is 0 Å². The van der Waals surface area contributed by atoms with Gasteiger partial charge >= 0.3 is 0 Å². The first-order valence-electron chi connectivity index (χ1n) is 6.42. The van der Waals surface area contributed by atoms with Crippen molar-refractivity contribution in [3.05, 3.63) is 17.0 Å². The summed E-state index contributed by atoms with van der Waals surface area (Å²) in [6, 6.07) is 0. The van der Waals surface area contributed by atoms with Crippen LogP contribution in [0.15, 0.2) is 0 Å². The zero-order chi connectivity index (χ0) is 11.7. The van der Waals surface area contributed by atoms with Crippen molar-refractivity contribution >= 4 is 18.3 Å². The maximum Gasteiger partial charge on any atom is 0.274 e. The SMILES string of the molecule is Cl.O=C(c1n[nH]c2c1CNCC2)N1CCCCC1. The van der Waals surface area contributed by atoms with E-state index in [2.05, 4.69) is 15.5 Å². The fraction of sp³-hybridized carbons (Fsp3) is 0.667. The molecule has 3 heterocycles. The lowest BCUT2D eigenvalue weighted by Crippen LogP contribution is -2.37. The molecule has 0 atom stereocenters. The molecule has 2 aliphatic rings. The topological polar surface area (TPSA) is 61.0 Å². The quantitative estimate of drug-likeness (QED) is 0.804. The number of rotatable bonds is 1. The molecule has 1 saturated heterocycles. The first-order valence-corrected chi connectivity index (χ1v) is 6.42. The fourth-order valence-electron chi connectivity index (χ4n) is 2.65. The number of aromatic nitrogens is 2. The zero-order valence-electron chi connectivity index (χ0n) is 10.4. The van der Waals surface area contributed by atoms with Gasteiger partial charge < -0.3 is 10.2 Å². The molecule has 0 radical (unpaired) electrons. The highest BCUT2D eigenvalue weighted by Crippen LogP contribution is 2.19. The number of carbonyl (C=O) groups excluding carboxylic acids is 1. The summed E-state index contributed by atoms with van der Waals surface area (Å²) in [6.07, 6.45) is 4.42. The highest BCUT2D eigenvalue weighted by molar-refractivity contribution is 5.94. The standard InChI is InChI=1S/C12H18N4O.ClH/c17-12(16-6-2-1-3-7-16)11-9-8-13-5-4-10(9)14-15-11;/h13H,1-8H2,(H,14,15);1H. The summed E-state index contributed by atoms with van der Waals surface area (Å²) in [7, 11) is 0. The molecule has 1 aromatic rings. The van der Waals surface area contributed by atoms with Gasteiger partial charge in [-0.05, 0) is 19.3 Å². The Bertz CT molecular complexity index is 426. The van der Waals surface area contributed by atoms with Gasteiger partial charge in [-0.3, -0.25) is 9.89 Å². The van der Waals surface area contributed by atoms with E-state index in [1.807, 2.05) is 4.90 Å². The highest BCUT2D eigenvalue weighted by atomic mass is 35.5. The molecule has 0 aliphatic carbocycles. The summed E-state index contributed by atoms with van der Waals surface area (Å²) in [5.74, 6) is 0.103. The predicted molar refractivity (Wildman–Crippen MR) is 71.0 cm³/mol. The molecule has 6 heteroatoms. The van der Waals surface area contributed by atoms with Crippen molar-refractivity contribution in [1.29, 1.82) is 0 Å². The van der Waals surface area contributed by atoms with Gasteiger partial charge in [-0.25, -0.2) is 0 Å². The number of likely N-dealkylation sites (tertiary alicyclic amines) is 1. The number of carbonyl (C=O) groups is 1. The van der Waals surface area contributed by atoms with Crippen LogP contribution in [-0.2, 0) is 13.0 Å². The lowest BCUT2D eigenvalue weighted by molar-refractivity contribution is 0.0717. The van der Waals surface area contributed by atoms with Crippen LogP contribution in [0.4, 0.5) is 0 Å². The number of hydrogen-bond donors (Lipinski definition) is 2. The molecule has 0 saturated carbocycles. The molecule has 18 heavy (non-hydrogen) atoms. The average Bonchev–Trinajstić information content (AvgIpc) is 2.83. The number of fused-ring (bicyclic) bond motifs is 1. The van der Waals surface area contributed by atoms with E-state index in [4.69, 9.17) is 0 Å². The van der Waals surface area contributed by atoms with Crippen LogP contribution in [0.1, 0.15) is 41.0 Å². The normalized spacial score (nSPS) is 19.0. The average molecular weight is 271 g/mol. The van der Waals surface area contributed by atoms with Crippen molar-refractivity contribution in [2.45, 2.75) is 32.2 Å². The van der Waals surface area contributed by atoms with E-state index in [-0.39, 0.29) is 18.3 Å². The Labute approximate surface area is 113 Å². The predicted octanol–water partition coefficient (Wildman–Crippen LogP) is 1.10. The first-order chi connectivity index (χ1) is 8.36. The van der Waals surface area contributed by atoms with Crippen LogP contribution in [0, 0.1) is 0 Å². The summed E-state index contributed by atoms with van der Waals surface area (Å²) in [6.45, 7) is 3.50. The molecule has 100 valence electrons. The Morgan fingerprint density at radius 1 is 1.22 bits per heavy atom. The number of aromatic amines is 1. The van der Waals surface area contributed by atoms with Gasteiger partial charge in [-0.2, -0.15) is 5.10 Å². The zero-order valence-corrected chi connectivity index (χ0v) is 11.2. The summed E-state index contributed by atoms with van der Waals surface area (Å²) in [5, 5.41) is 10.5. The van der Waals surface area contributed by atoms with Gasteiger partial charge in [-0.1, -0.05) is 0 Å². The number of nitrogens with zero attached hydrogens (tertiary/aromatic N) is 2. The minimum atomic E-state index is 0. The van der Waals surface area contributed by atoms with Gasteiger partial charge in [0.15, 0.2) is 5.69 Å². The summed E-state index contributed by atoms with van der Waals surface area (Å²) in [5.41, 5.74) is 2.84. The molecule has 2 aliphatic heterocycles. The molecule has 1 fully saturated rings. The third kappa shape index (κ3) is 2.37. The molecule has 0 bridgehead atoms. The molecule has 1 amide bonds. The van der Waals surface area contributed by atoms with Crippen molar-refractivity contribution < 1.29 is 4.79 Å². The Kier molecular flexibility index (Phi) is 4.24. The van der Waals surface area contributed by atoms with E-state index in [1.54, 1.807) is 0 Å². The molecule has 2 N–H and O–H groups in total. The Hall–Kier alpha value is -1.07. The molecule has 0 spiro atoms. The minimum Gasteiger partial charge on any atom is -0.337 e.